The predicted octanol–water partition coefficient (Wildman–Crippen LogP) is 3.32. The highest BCUT2D eigenvalue weighted by Crippen LogP contribution is 2.12. The number of rotatable bonds is 3. The van der Waals surface area contributed by atoms with Crippen LogP contribution in [0.2, 0.25) is 0 Å². The molecule has 0 aromatic heterocycles. The molecule has 4 heteroatoms. The lowest BCUT2D eigenvalue weighted by molar-refractivity contribution is 0.360. The molecular formula is C9H6Cl2FO. The van der Waals surface area contributed by atoms with E-state index in [1.54, 1.807) is 6.07 Å². The second-order valence-electron chi connectivity index (χ2n) is 2.18. The van der Waals surface area contributed by atoms with Crippen molar-refractivity contribution in [2.45, 2.75) is 0 Å². The molecule has 0 N–H and O–H groups in total. The fourth-order valence-electron chi connectivity index (χ4n) is 0.709. The second kappa shape index (κ2) is 5.10. The number of ether oxygens (including phenoxy) is 1. The third-order valence-corrected chi connectivity index (χ3v) is 1.53. The molecule has 0 spiro atoms. The summed E-state index contributed by atoms with van der Waals surface area (Å²) in [4.78, 5) is 0. The fraction of sp³-hybridized carbons (Fsp3) is 0.111. The van der Waals surface area contributed by atoms with Crippen molar-refractivity contribution >= 4 is 23.2 Å². The minimum absolute atomic E-state index is 0.128. The average Bonchev–Trinajstić information content (AvgIpc) is 2.03. The minimum Gasteiger partial charge on any atom is -0.489 e. The zero-order valence-electron chi connectivity index (χ0n) is 6.56. The largest absolute Gasteiger partial charge is 0.489 e. The maximum absolute atomic E-state index is 12.5. The first-order valence-corrected chi connectivity index (χ1v) is 4.25. The van der Waals surface area contributed by atoms with Gasteiger partial charge in [-0.05, 0) is 18.2 Å². The highest BCUT2D eigenvalue weighted by Gasteiger charge is 1.94. The summed E-state index contributed by atoms with van der Waals surface area (Å²) in [7, 11) is 0. The summed E-state index contributed by atoms with van der Waals surface area (Å²) < 4.78 is 17.8. The van der Waals surface area contributed by atoms with Gasteiger partial charge in [0.1, 0.15) is 22.7 Å². The average molecular weight is 220 g/mol. The number of hydrogen-bond acceptors (Lipinski definition) is 1. The summed E-state index contributed by atoms with van der Waals surface area (Å²) >= 11 is 10.7. The van der Waals surface area contributed by atoms with Gasteiger partial charge in [0, 0.05) is 12.1 Å². The van der Waals surface area contributed by atoms with Crippen LogP contribution in [0.3, 0.4) is 0 Å². The van der Waals surface area contributed by atoms with E-state index in [-0.39, 0.29) is 11.1 Å². The third kappa shape index (κ3) is 4.15. The summed E-state index contributed by atoms with van der Waals surface area (Å²) in [6.07, 6.45) is 1.47. The van der Waals surface area contributed by atoms with Crippen molar-refractivity contribution in [1.82, 2.24) is 0 Å². The van der Waals surface area contributed by atoms with Gasteiger partial charge in [0.15, 0.2) is 0 Å². The van der Waals surface area contributed by atoms with Crippen molar-refractivity contribution in [2.75, 3.05) is 6.61 Å². The summed E-state index contributed by atoms with van der Waals surface area (Å²) in [6.45, 7) is 0.214. The summed E-state index contributed by atoms with van der Waals surface area (Å²) in [5, 5.41) is 0. The first kappa shape index (κ1) is 10.4. The standard InChI is InChI=1S/C9H6Cl2FO/c10-9(11)4-5-13-8-3-1-2-7(12)6-8/h1,3-4,6H,5H2. The molecule has 1 nitrogen and oxygen atoms in total. The molecule has 0 amide bonds. The van der Waals surface area contributed by atoms with Gasteiger partial charge < -0.3 is 4.74 Å². The molecular weight excluding hydrogens is 214 g/mol. The number of benzene rings is 1. The SMILES string of the molecule is Fc1[c]ccc(OCC=C(Cl)Cl)c1. The fourth-order valence-corrected chi connectivity index (χ4v) is 0.835. The van der Waals surface area contributed by atoms with Crippen molar-refractivity contribution in [1.29, 1.82) is 0 Å². The van der Waals surface area contributed by atoms with Crippen LogP contribution >= 0.6 is 23.2 Å². The second-order valence-corrected chi connectivity index (χ2v) is 3.18. The van der Waals surface area contributed by atoms with Crippen molar-refractivity contribution in [2.24, 2.45) is 0 Å². The van der Waals surface area contributed by atoms with E-state index in [2.05, 4.69) is 6.07 Å². The Labute approximate surface area is 85.7 Å². The topological polar surface area (TPSA) is 9.23 Å². The quantitative estimate of drug-likeness (QED) is 0.759. The van der Waals surface area contributed by atoms with Crippen LogP contribution in [0.25, 0.3) is 0 Å². The Balaban J connectivity index is 2.50. The molecule has 13 heavy (non-hydrogen) atoms. The minimum atomic E-state index is -0.460. The van der Waals surface area contributed by atoms with Crippen LogP contribution in [0.5, 0.6) is 5.75 Å². The lowest BCUT2D eigenvalue weighted by atomic mass is 10.3. The van der Waals surface area contributed by atoms with E-state index in [4.69, 9.17) is 27.9 Å². The Morgan fingerprint density at radius 1 is 1.62 bits per heavy atom. The van der Waals surface area contributed by atoms with E-state index in [9.17, 15) is 4.39 Å². The van der Waals surface area contributed by atoms with Crippen molar-refractivity contribution < 1.29 is 9.13 Å². The molecule has 0 aliphatic heterocycles. The highest BCUT2D eigenvalue weighted by molar-refractivity contribution is 6.55. The molecule has 1 radical (unpaired) electrons. The van der Waals surface area contributed by atoms with Gasteiger partial charge in [-0.2, -0.15) is 0 Å². The van der Waals surface area contributed by atoms with Crippen LogP contribution in [0.15, 0.2) is 28.8 Å². The first-order valence-electron chi connectivity index (χ1n) is 3.49. The van der Waals surface area contributed by atoms with Crippen molar-refractivity contribution in [3.05, 3.63) is 40.7 Å². The van der Waals surface area contributed by atoms with Gasteiger partial charge >= 0.3 is 0 Å². The monoisotopic (exact) mass is 219 g/mol. The summed E-state index contributed by atoms with van der Waals surface area (Å²) in [5.41, 5.74) is 0. The van der Waals surface area contributed by atoms with Crippen LogP contribution in [-0.2, 0) is 0 Å². The van der Waals surface area contributed by atoms with E-state index in [0.717, 1.165) is 0 Å². The molecule has 1 aromatic rings. The van der Waals surface area contributed by atoms with Crippen LogP contribution < -0.4 is 4.74 Å². The summed E-state index contributed by atoms with van der Waals surface area (Å²) in [6, 6.07) is 6.63. The van der Waals surface area contributed by atoms with Crippen LogP contribution in [-0.4, -0.2) is 6.61 Å². The van der Waals surface area contributed by atoms with Gasteiger partial charge in [-0.3, -0.25) is 0 Å². The molecule has 0 heterocycles. The van der Waals surface area contributed by atoms with Crippen LogP contribution in [0.4, 0.5) is 4.39 Å². The van der Waals surface area contributed by atoms with E-state index < -0.39 is 5.82 Å². The molecule has 0 saturated heterocycles. The maximum atomic E-state index is 12.5. The summed E-state index contributed by atoms with van der Waals surface area (Å²) in [5.74, 6) is -0.0412. The number of hydrogen-bond donors (Lipinski definition) is 0. The Bertz CT molecular complexity index is 308. The zero-order chi connectivity index (χ0) is 9.68. The zero-order valence-corrected chi connectivity index (χ0v) is 8.07. The van der Waals surface area contributed by atoms with Crippen molar-refractivity contribution in [3.63, 3.8) is 0 Å². The molecule has 1 rings (SSSR count). The van der Waals surface area contributed by atoms with Gasteiger partial charge in [-0.25, -0.2) is 4.39 Å². The Morgan fingerprint density at radius 2 is 2.38 bits per heavy atom. The van der Waals surface area contributed by atoms with Gasteiger partial charge in [-0.1, -0.05) is 23.2 Å². The molecule has 1 aromatic carbocycles. The van der Waals surface area contributed by atoms with Gasteiger partial charge in [-0.15, -0.1) is 0 Å². The first-order chi connectivity index (χ1) is 6.18. The van der Waals surface area contributed by atoms with E-state index in [1.807, 2.05) is 0 Å². The van der Waals surface area contributed by atoms with E-state index >= 15 is 0 Å². The van der Waals surface area contributed by atoms with Gasteiger partial charge in [0.05, 0.1) is 0 Å². The smallest absolute Gasteiger partial charge is 0.134 e. The van der Waals surface area contributed by atoms with Gasteiger partial charge in [0.2, 0.25) is 0 Å². The lowest BCUT2D eigenvalue weighted by Crippen LogP contribution is -1.93. The molecule has 0 atom stereocenters. The number of halogens is 3. The Kier molecular flexibility index (Phi) is 4.06. The van der Waals surface area contributed by atoms with Crippen LogP contribution in [0.1, 0.15) is 0 Å². The van der Waals surface area contributed by atoms with Crippen LogP contribution in [0, 0.1) is 11.9 Å². The van der Waals surface area contributed by atoms with E-state index in [1.165, 1.54) is 18.2 Å². The van der Waals surface area contributed by atoms with Crippen molar-refractivity contribution in [3.8, 4) is 5.75 Å². The molecule has 0 aliphatic carbocycles. The molecule has 0 fully saturated rings. The molecule has 0 bridgehead atoms. The maximum Gasteiger partial charge on any atom is 0.134 e. The molecule has 0 aliphatic rings. The third-order valence-electron chi connectivity index (χ3n) is 1.23. The molecule has 0 saturated carbocycles. The lowest BCUT2D eigenvalue weighted by Gasteiger charge is -2.01. The Morgan fingerprint density at radius 3 is 3.00 bits per heavy atom. The predicted molar refractivity (Wildman–Crippen MR) is 50.5 cm³/mol. The normalized spacial score (nSPS) is 9.46. The van der Waals surface area contributed by atoms with E-state index in [0.29, 0.717) is 5.75 Å². The van der Waals surface area contributed by atoms with Gasteiger partial charge in [0.25, 0.3) is 0 Å². The molecule has 69 valence electrons. The highest BCUT2D eigenvalue weighted by atomic mass is 35.5. The molecule has 0 unspecified atom stereocenters. The Hall–Kier alpha value is -0.730.